The number of ether oxygens (including phenoxy) is 1. The fourth-order valence-corrected chi connectivity index (χ4v) is 10.4. The number of carbonyl (C=O) groups is 4. The highest BCUT2D eigenvalue weighted by molar-refractivity contribution is 6.33. The van der Waals surface area contributed by atoms with Crippen LogP contribution >= 0.6 is 11.6 Å². The highest BCUT2D eigenvalue weighted by atomic mass is 35.5. The molecule has 4 aliphatic rings. The number of aromatic hydroxyl groups is 1. The highest BCUT2D eigenvalue weighted by Gasteiger charge is 2.66. The van der Waals surface area contributed by atoms with Gasteiger partial charge in [0.05, 0.1) is 35.1 Å². The van der Waals surface area contributed by atoms with Gasteiger partial charge in [-0.1, -0.05) is 96.0 Å². The van der Waals surface area contributed by atoms with E-state index in [9.17, 15) is 14.7 Å². The van der Waals surface area contributed by atoms with Crippen molar-refractivity contribution in [3.05, 3.63) is 161 Å². The van der Waals surface area contributed by atoms with E-state index in [0.29, 0.717) is 45.0 Å². The summed E-state index contributed by atoms with van der Waals surface area (Å²) in [7, 11) is 1.42. The number of carbonyl (C=O) groups excluding carboxylic acids is 4. The number of rotatable bonds is 6. The van der Waals surface area contributed by atoms with Crippen LogP contribution < -0.4 is 9.64 Å². The fraction of sp³-hybridized carbons (Fsp3) is 0.188. The molecule has 0 unspecified atom stereocenters. The lowest BCUT2D eigenvalue weighted by Crippen LogP contribution is -2.58. The molecule has 1 N–H and O–H groups in total. The zero-order valence-corrected chi connectivity index (χ0v) is 31.9. The molecule has 0 spiro atoms. The Bertz CT molecular complexity index is 2720. The first-order valence-corrected chi connectivity index (χ1v) is 19.6. The predicted octanol–water partition coefficient (Wildman–Crippen LogP) is 8.89. The normalized spacial score (nSPS) is 25.2. The van der Waals surface area contributed by atoms with Crippen LogP contribution in [0.15, 0.2) is 143 Å². The van der Waals surface area contributed by atoms with Gasteiger partial charge in [0, 0.05) is 23.0 Å². The van der Waals surface area contributed by atoms with Gasteiger partial charge in [-0.05, 0) is 90.1 Å². The molecule has 58 heavy (non-hydrogen) atoms. The molecule has 10 heteroatoms. The van der Waals surface area contributed by atoms with Gasteiger partial charge in [-0.3, -0.25) is 24.1 Å². The van der Waals surface area contributed by atoms with E-state index >= 15 is 9.59 Å². The molecule has 10 rings (SSSR count). The maximum atomic E-state index is 15.3. The molecule has 1 saturated heterocycles. The summed E-state index contributed by atoms with van der Waals surface area (Å²) < 4.78 is 11.5. The van der Waals surface area contributed by atoms with E-state index in [1.807, 2.05) is 91.0 Å². The summed E-state index contributed by atoms with van der Waals surface area (Å²) in [5.74, 6) is -4.70. The Morgan fingerprint density at radius 2 is 1.53 bits per heavy atom. The first-order valence-electron chi connectivity index (χ1n) is 19.2. The summed E-state index contributed by atoms with van der Waals surface area (Å²) in [4.78, 5) is 65.6. The number of halogens is 1. The second-order valence-corrected chi connectivity index (χ2v) is 15.8. The number of Topliss-reactive ketones (excluding diaryl/α,β-unsaturated/α-hetero) is 1. The molecule has 9 nitrogen and oxygen atoms in total. The van der Waals surface area contributed by atoms with Gasteiger partial charge in [0.15, 0.2) is 28.6 Å². The zero-order valence-electron chi connectivity index (χ0n) is 31.2. The van der Waals surface area contributed by atoms with Crippen molar-refractivity contribution < 1.29 is 33.4 Å². The number of benzene rings is 5. The third-order valence-corrected chi connectivity index (χ3v) is 12.9. The second-order valence-electron chi connectivity index (χ2n) is 15.4. The van der Waals surface area contributed by atoms with Crippen LogP contribution in [0.25, 0.3) is 28.1 Å². The Labute approximate surface area is 338 Å². The smallest absolute Gasteiger partial charge is 0.238 e. The van der Waals surface area contributed by atoms with Crippen LogP contribution in [0.5, 0.6) is 11.5 Å². The van der Waals surface area contributed by atoms with Gasteiger partial charge in [-0.25, -0.2) is 4.98 Å². The van der Waals surface area contributed by atoms with Gasteiger partial charge in [0.25, 0.3) is 0 Å². The van der Waals surface area contributed by atoms with E-state index in [1.54, 1.807) is 36.4 Å². The van der Waals surface area contributed by atoms with Crippen molar-refractivity contribution in [2.75, 3.05) is 12.0 Å². The lowest BCUT2D eigenvalue weighted by atomic mass is 9.44. The third kappa shape index (κ3) is 5.19. The Balaban J connectivity index is 1.11. The van der Waals surface area contributed by atoms with Crippen molar-refractivity contribution in [1.82, 2.24) is 4.98 Å². The quantitative estimate of drug-likeness (QED) is 0.131. The number of allylic oxidation sites excluding steroid dienone is 4. The number of phenols is 1. The molecule has 2 amide bonds. The number of fused-ring (bicyclic) bond motifs is 5. The monoisotopic (exact) mass is 786 g/mol. The number of ketones is 2. The summed E-state index contributed by atoms with van der Waals surface area (Å²) in [6.07, 6.45) is 3.86. The van der Waals surface area contributed by atoms with Gasteiger partial charge in [-0.2, -0.15) is 0 Å². The van der Waals surface area contributed by atoms with Crippen molar-refractivity contribution in [2.45, 2.75) is 24.2 Å². The molecule has 1 aliphatic heterocycles. The number of hydrogen-bond acceptors (Lipinski definition) is 8. The van der Waals surface area contributed by atoms with Gasteiger partial charge in [0.2, 0.25) is 17.7 Å². The number of phenolic OH excluding ortho intramolecular Hbond substituents is 1. The predicted molar refractivity (Wildman–Crippen MR) is 218 cm³/mol. The maximum Gasteiger partial charge on any atom is 0.238 e. The van der Waals surface area contributed by atoms with E-state index < -0.39 is 35.0 Å². The number of nitrogens with zero attached hydrogens (tertiary/aromatic N) is 2. The van der Waals surface area contributed by atoms with E-state index in [-0.39, 0.29) is 52.7 Å². The average molecular weight is 787 g/mol. The Hall–Kier alpha value is -6.58. The Kier molecular flexibility index (Phi) is 8.35. The molecule has 1 aromatic heterocycles. The lowest BCUT2D eigenvalue weighted by molar-refractivity contribution is -0.135. The molecule has 3 aliphatic carbocycles. The van der Waals surface area contributed by atoms with Crippen LogP contribution in [0, 0.1) is 23.7 Å². The summed E-state index contributed by atoms with van der Waals surface area (Å²) in [5.41, 5.74) is 3.92. The minimum absolute atomic E-state index is 0.0141. The van der Waals surface area contributed by atoms with Crippen LogP contribution in [-0.2, 0) is 24.6 Å². The average Bonchev–Trinajstić information content (AvgIpc) is 3.81. The Morgan fingerprint density at radius 1 is 0.828 bits per heavy atom. The summed E-state index contributed by atoms with van der Waals surface area (Å²) in [6, 6.07) is 36.2. The molecule has 1 saturated carbocycles. The molecular formula is C48H35ClN2O7. The number of methoxy groups -OCH3 is 1. The summed E-state index contributed by atoms with van der Waals surface area (Å²) in [5, 5.41) is 10.9. The Morgan fingerprint density at radius 3 is 2.26 bits per heavy atom. The number of amides is 2. The molecule has 0 bridgehead atoms. The molecule has 2 heterocycles. The van der Waals surface area contributed by atoms with E-state index in [2.05, 4.69) is 4.98 Å². The molecule has 2 fully saturated rings. The van der Waals surface area contributed by atoms with Crippen molar-refractivity contribution >= 4 is 57.3 Å². The van der Waals surface area contributed by atoms with Crippen molar-refractivity contribution in [3.63, 3.8) is 0 Å². The van der Waals surface area contributed by atoms with Crippen LogP contribution in [0.3, 0.4) is 0 Å². The van der Waals surface area contributed by atoms with Crippen molar-refractivity contribution in [3.8, 4) is 23.0 Å². The van der Waals surface area contributed by atoms with Crippen LogP contribution in [0.1, 0.15) is 35.4 Å². The topological polar surface area (TPSA) is 127 Å². The first-order chi connectivity index (χ1) is 28.2. The van der Waals surface area contributed by atoms with Crippen LogP contribution in [0.4, 0.5) is 5.69 Å². The third-order valence-electron chi connectivity index (χ3n) is 12.6. The summed E-state index contributed by atoms with van der Waals surface area (Å²) >= 11 is 6.69. The number of para-hydroxylation sites is 2. The number of oxazole rings is 1. The first kappa shape index (κ1) is 35.8. The molecular weight excluding hydrogens is 752 g/mol. The molecule has 6 aromatic rings. The van der Waals surface area contributed by atoms with Gasteiger partial charge in [0.1, 0.15) is 5.52 Å². The van der Waals surface area contributed by atoms with E-state index in [4.69, 9.17) is 20.8 Å². The largest absolute Gasteiger partial charge is 0.503 e. The van der Waals surface area contributed by atoms with Gasteiger partial charge in [-0.15, -0.1) is 0 Å². The van der Waals surface area contributed by atoms with Crippen LogP contribution in [-0.4, -0.2) is 40.6 Å². The molecule has 286 valence electrons. The summed E-state index contributed by atoms with van der Waals surface area (Å²) in [6.45, 7) is 0. The van der Waals surface area contributed by atoms with Gasteiger partial charge < -0.3 is 14.3 Å². The van der Waals surface area contributed by atoms with Crippen molar-refractivity contribution in [2.24, 2.45) is 23.7 Å². The minimum Gasteiger partial charge on any atom is -0.503 e. The number of anilines is 1. The molecule has 5 aromatic carbocycles. The van der Waals surface area contributed by atoms with Gasteiger partial charge >= 0.3 is 0 Å². The maximum absolute atomic E-state index is 15.3. The lowest BCUT2D eigenvalue weighted by Gasteiger charge is -2.55. The molecule has 6 atom stereocenters. The SMILES string of the molecule is COc1cc([C@H]2C3=CC[C@@H]4C(=O)N(c5ccc(-c6nc7ccccc7o6)cc5)C(=O)[C@@H]4[C@@H]3C[C@H]3C(=O)C(c4ccccc4)=CC(=O)[C@@]23c2ccccc2)cc(Cl)c1O. The molecule has 0 radical (unpaired) electrons. The zero-order chi connectivity index (χ0) is 39.9. The number of imide groups is 1. The minimum atomic E-state index is -1.46. The highest BCUT2D eigenvalue weighted by Crippen LogP contribution is 2.64. The van der Waals surface area contributed by atoms with Crippen LogP contribution in [0.2, 0.25) is 5.02 Å². The number of aromatic nitrogens is 1. The van der Waals surface area contributed by atoms with E-state index in [0.717, 1.165) is 11.1 Å². The van der Waals surface area contributed by atoms with Crippen molar-refractivity contribution in [1.29, 1.82) is 0 Å². The van der Waals surface area contributed by atoms with E-state index in [1.165, 1.54) is 18.1 Å². The fourth-order valence-electron chi connectivity index (χ4n) is 10.2. The standard InChI is InChI=1S/C48H35ClN2O7/c1-57-39-23-28(22-36(49)44(39)54)42-31-20-21-32-41(47(56)51(46(32)55)30-18-16-27(17-19-30)45-50-37-14-8-9-15-38(37)58-45)34(31)24-35-43(53)33(26-10-4-2-5-11-26)25-40(52)48(35,42)29-12-6-3-7-13-29/h2-20,22-23,25,32,34-35,41-42,54H,21,24H2,1H3/t32-,34+,35-,41-,42-,48-/m0/s1. The number of hydrogen-bond donors (Lipinski definition) is 1. The second kappa shape index (κ2) is 13.5.